The van der Waals surface area contributed by atoms with E-state index in [-0.39, 0.29) is 27.5 Å². The molecule has 1 atom stereocenters. The minimum atomic E-state index is -3.44. The average molecular weight is 413 g/mol. The lowest BCUT2D eigenvalue weighted by molar-refractivity contribution is -0.115. The van der Waals surface area contributed by atoms with Gasteiger partial charge in [0.25, 0.3) is 0 Å². The van der Waals surface area contributed by atoms with E-state index in [9.17, 15) is 17.6 Å². The van der Waals surface area contributed by atoms with E-state index in [1.54, 1.807) is 12.1 Å². The highest BCUT2D eigenvalue weighted by Crippen LogP contribution is 2.45. The summed E-state index contributed by atoms with van der Waals surface area (Å²) in [5.74, 6) is -1.20. The SMILES string of the molecule is O=C1CNCC2=C1C(c1ccc(F)c(Br)c1)C1=C(CCS1(=O)=O)N2. The van der Waals surface area contributed by atoms with E-state index in [4.69, 9.17) is 0 Å². The van der Waals surface area contributed by atoms with Gasteiger partial charge in [0, 0.05) is 29.9 Å². The number of nitrogens with one attached hydrogen (secondary N) is 2. The number of hydrogen-bond acceptors (Lipinski definition) is 5. The Balaban J connectivity index is 1.96. The molecule has 3 aliphatic heterocycles. The molecule has 24 heavy (non-hydrogen) atoms. The van der Waals surface area contributed by atoms with Gasteiger partial charge in [-0.1, -0.05) is 6.07 Å². The molecular formula is C16H14BrFN2O3S. The van der Waals surface area contributed by atoms with Crippen LogP contribution >= 0.6 is 15.9 Å². The molecule has 0 spiro atoms. The highest BCUT2D eigenvalue weighted by molar-refractivity contribution is 9.10. The first-order valence-electron chi connectivity index (χ1n) is 7.53. The van der Waals surface area contributed by atoms with Crippen molar-refractivity contribution in [3.05, 3.63) is 55.9 Å². The van der Waals surface area contributed by atoms with Crippen LogP contribution < -0.4 is 10.6 Å². The molecule has 2 N–H and O–H groups in total. The van der Waals surface area contributed by atoms with Gasteiger partial charge in [-0.2, -0.15) is 0 Å². The van der Waals surface area contributed by atoms with Crippen molar-refractivity contribution in [2.45, 2.75) is 12.3 Å². The molecule has 3 aliphatic rings. The van der Waals surface area contributed by atoms with Crippen molar-refractivity contribution in [2.24, 2.45) is 0 Å². The summed E-state index contributed by atoms with van der Waals surface area (Å²) < 4.78 is 39.0. The standard InChI is InChI=1S/C16H14BrFN2O3S/c17-9-5-8(1-2-10(9)18)14-15-12(6-19-7-13(15)21)20-11-3-4-24(22,23)16(11)14/h1-2,5,14,19-20H,3-4,6-7H2. The van der Waals surface area contributed by atoms with Gasteiger partial charge >= 0.3 is 0 Å². The lowest BCUT2D eigenvalue weighted by atomic mass is 9.82. The van der Waals surface area contributed by atoms with Crippen molar-refractivity contribution in [1.82, 2.24) is 10.6 Å². The van der Waals surface area contributed by atoms with E-state index in [1.165, 1.54) is 6.07 Å². The summed E-state index contributed by atoms with van der Waals surface area (Å²) >= 11 is 3.15. The predicted molar refractivity (Wildman–Crippen MR) is 90.3 cm³/mol. The maximum atomic E-state index is 13.6. The van der Waals surface area contributed by atoms with Crippen LogP contribution in [0.4, 0.5) is 4.39 Å². The molecule has 5 nitrogen and oxygen atoms in total. The molecular weight excluding hydrogens is 399 g/mol. The molecule has 4 rings (SSSR count). The fourth-order valence-electron chi connectivity index (χ4n) is 3.56. The van der Waals surface area contributed by atoms with Gasteiger partial charge in [0.15, 0.2) is 15.6 Å². The summed E-state index contributed by atoms with van der Waals surface area (Å²) in [5, 5.41) is 6.16. The molecule has 0 bridgehead atoms. The molecule has 0 saturated heterocycles. The second-order valence-electron chi connectivity index (χ2n) is 6.06. The summed E-state index contributed by atoms with van der Waals surface area (Å²) in [4.78, 5) is 12.8. The van der Waals surface area contributed by atoms with Crippen molar-refractivity contribution in [3.63, 3.8) is 0 Å². The van der Waals surface area contributed by atoms with Crippen LogP contribution in [0.1, 0.15) is 17.9 Å². The zero-order chi connectivity index (χ0) is 17.1. The minimum Gasteiger partial charge on any atom is -0.360 e. The third kappa shape index (κ3) is 2.35. The highest BCUT2D eigenvalue weighted by atomic mass is 79.9. The van der Waals surface area contributed by atoms with Gasteiger partial charge in [0.2, 0.25) is 0 Å². The third-order valence-electron chi connectivity index (χ3n) is 4.60. The molecule has 0 radical (unpaired) electrons. The molecule has 0 saturated carbocycles. The van der Waals surface area contributed by atoms with Gasteiger partial charge in [0.05, 0.1) is 27.6 Å². The Bertz CT molecular complexity index is 937. The van der Waals surface area contributed by atoms with Crippen LogP contribution in [0.25, 0.3) is 0 Å². The smallest absolute Gasteiger partial charge is 0.177 e. The van der Waals surface area contributed by atoms with Gasteiger partial charge in [-0.3, -0.25) is 4.79 Å². The topological polar surface area (TPSA) is 75.3 Å². The summed E-state index contributed by atoms with van der Waals surface area (Å²) in [6, 6.07) is 4.40. The summed E-state index contributed by atoms with van der Waals surface area (Å²) in [5.41, 5.74) is 2.44. The minimum absolute atomic E-state index is 0.0334. The van der Waals surface area contributed by atoms with Gasteiger partial charge in [0.1, 0.15) is 5.82 Å². The molecule has 3 heterocycles. The summed E-state index contributed by atoms with van der Waals surface area (Å²) in [6.45, 7) is 0.652. The number of carbonyl (C=O) groups is 1. The van der Waals surface area contributed by atoms with Crippen LogP contribution in [0.2, 0.25) is 0 Å². The molecule has 0 aliphatic carbocycles. The molecule has 0 fully saturated rings. The first kappa shape index (κ1) is 16.0. The number of halogens is 2. The third-order valence-corrected chi connectivity index (χ3v) is 7.10. The number of hydrogen-bond donors (Lipinski definition) is 2. The molecule has 126 valence electrons. The van der Waals surface area contributed by atoms with Gasteiger partial charge in [-0.25, -0.2) is 12.8 Å². The Morgan fingerprint density at radius 1 is 1.21 bits per heavy atom. The Morgan fingerprint density at radius 2 is 2.00 bits per heavy atom. The summed E-state index contributed by atoms with van der Waals surface area (Å²) in [7, 11) is -3.44. The number of allylic oxidation sites excluding steroid dienone is 2. The van der Waals surface area contributed by atoms with Gasteiger partial charge in [-0.05, 0) is 33.6 Å². The van der Waals surface area contributed by atoms with Crippen LogP contribution in [-0.2, 0) is 14.6 Å². The largest absolute Gasteiger partial charge is 0.360 e. The highest BCUT2D eigenvalue weighted by Gasteiger charge is 2.44. The fourth-order valence-corrected chi connectivity index (χ4v) is 5.80. The Hall–Kier alpha value is -1.51. The molecule has 1 aromatic carbocycles. The number of rotatable bonds is 1. The van der Waals surface area contributed by atoms with Crippen molar-refractivity contribution < 1.29 is 17.6 Å². The maximum Gasteiger partial charge on any atom is 0.177 e. The number of sulfone groups is 1. The maximum absolute atomic E-state index is 13.6. The average Bonchev–Trinajstić information content (AvgIpc) is 2.84. The Labute approximate surface area is 147 Å². The van der Waals surface area contributed by atoms with E-state index in [0.717, 1.165) is 0 Å². The first-order valence-corrected chi connectivity index (χ1v) is 9.98. The van der Waals surface area contributed by atoms with Crippen molar-refractivity contribution >= 4 is 31.6 Å². The predicted octanol–water partition coefficient (Wildman–Crippen LogP) is 1.73. The zero-order valence-electron chi connectivity index (χ0n) is 12.5. The molecule has 0 aromatic heterocycles. The molecule has 8 heteroatoms. The first-order chi connectivity index (χ1) is 11.4. The number of ketones is 1. The van der Waals surface area contributed by atoms with Crippen LogP contribution in [-0.4, -0.2) is 33.0 Å². The number of dihydropyridines is 1. The second-order valence-corrected chi connectivity index (χ2v) is 8.99. The monoisotopic (exact) mass is 412 g/mol. The van der Waals surface area contributed by atoms with Crippen molar-refractivity contribution in [3.8, 4) is 0 Å². The summed E-state index contributed by atoms with van der Waals surface area (Å²) in [6.07, 6.45) is 0.404. The van der Waals surface area contributed by atoms with Crippen molar-refractivity contribution in [1.29, 1.82) is 0 Å². The number of Topliss-reactive ketones (excluding diaryl/α,β-unsaturated/α-hetero) is 1. The van der Waals surface area contributed by atoms with E-state index in [0.29, 0.717) is 35.5 Å². The fraction of sp³-hybridized carbons (Fsp3) is 0.312. The van der Waals surface area contributed by atoms with E-state index in [2.05, 4.69) is 26.6 Å². The van der Waals surface area contributed by atoms with Gasteiger partial charge < -0.3 is 10.6 Å². The molecule has 1 aromatic rings. The Kier molecular flexibility index (Phi) is 3.67. The van der Waals surface area contributed by atoms with Crippen LogP contribution in [0.5, 0.6) is 0 Å². The van der Waals surface area contributed by atoms with Crippen LogP contribution in [0, 0.1) is 5.82 Å². The quantitative estimate of drug-likeness (QED) is 0.734. The lowest BCUT2D eigenvalue weighted by Crippen LogP contribution is -2.42. The number of carbonyl (C=O) groups excluding carboxylic acids is 1. The van der Waals surface area contributed by atoms with Crippen molar-refractivity contribution in [2.75, 3.05) is 18.8 Å². The van der Waals surface area contributed by atoms with E-state index in [1.807, 2.05) is 0 Å². The van der Waals surface area contributed by atoms with Gasteiger partial charge in [-0.15, -0.1) is 0 Å². The Morgan fingerprint density at radius 3 is 2.75 bits per heavy atom. The van der Waals surface area contributed by atoms with Crippen LogP contribution in [0.3, 0.4) is 0 Å². The lowest BCUT2D eigenvalue weighted by Gasteiger charge is -2.33. The molecule has 1 unspecified atom stereocenters. The normalized spacial score (nSPS) is 25.4. The second kappa shape index (κ2) is 5.50. The van der Waals surface area contributed by atoms with E-state index >= 15 is 0 Å². The zero-order valence-corrected chi connectivity index (χ0v) is 14.9. The molecule has 0 amide bonds. The van der Waals surface area contributed by atoms with Crippen LogP contribution in [0.15, 0.2) is 44.5 Å². The van der Waals surface area contributed by atoms with E-state index < -0.39 is 21.6 Å². The number of benzene rings is 1.